The van der Waals surface area contributed by atoms with Gasteiger partial charge in [-0.1, -0.05) is 147 Å². The number of carbonyl (C=O) groups is 1. The first kappa shape index (κ1) is 23.2. The number of hydrogen-bond acceptors (Lipinski definition) is 1. The number of allylic oxidation sites excluding steroid dienone is 2. The highest BCUT2D eigenvalue weighted by atomic mass is 16.1. The predicted octanol–water partition coefficient (Wildman–Crippen LogP) is 8.09. The Morgan fingerprint density at radius 3 is 1.00 bits per heavy atom. The summed E-state index contributed by atoms with van der Waals surface area (Å²) in [6.45, 7) is 4.23. The average molecular weight is 443 g/mol. The molecule has 0 bridgehead atoms. The van der Waals surface area contributed by atoms with Gasteiger partial charge in [0.1, 0.15) is 6.29 Å². The molecule has 0 unspecified atom stereocenters. The van der Waals surface area contributed by atoms with E-state index in [1.165, 1.54) is 0 Å². The van der Waals surface area contributed by atoms with Crippen molar-refractivity contribution in [3.63, 3.8) is 0 Å². The first-order chi connectivity index (χ1) is 16.6. The van der Waals surface area contributed by atoms with E-state index in [9.17, 15) is 4.79 Å². The van der Waals surface area contributed by atoms with Crippen LogP contribution in [0.4, 0.5) is 0 Å². The molecule has 1 heteroatoms. The molecule has 0 fully saturated rings. The molecule has 0 heterocycles. The Balaban J connectivity index is 1.99. The fraction of sp³-hybridized carbons (Fsp3) is 0.121. The van der Waals surface area contributed by atoms with Gasteiger partial charge in [0.05, 0.1) is 5.41 Å². The van der Waals surface area contributed by atoms with Gasteiger partial charge in [0.15, 0.2) is 0 Å². The standard InChI is InChI=1S/C33H30O/c1-26(2)33(25-34,23-31(27-15-7-3-8-16-27)28-17-9-4-10-18-28)24-32(29-19-11-5-12-20-29)30-21-13-6-14-22-30/h3-26H,1-2H3. The van der Waals surface area contributed by atoms with Gasteiger partial charge in [0.25, 0.3) is 0 Å². The van der Waals surface area contributed by atoms with Crippen molar-refractivity contribution in [2.75, 3.05) is 0 Å². The van der Waals surface area contributed by atoms with Gasteiger partial charge in [-0.05, 0) is 39.3 Å². The molecule has 0 saturated carbocycles. The average Bonchev–Trinajstić information content (AvgIpc) is 2.91. The lowest BCUT2D eigenvalue weighted by atomic mass is 9.73. The second-order valence-corrected chi connectivity index (χ2v) is 8.85. The van der Waals surface area contributed by atoms with E-state index < -0.39 is 5.41 Å². The summed E-state index contributed by atoms with van der Waals surface area (Å²) in [6, 6.07) is 41.2. The number of aldehydes is 1. The van der Waals surface area contributed by atoms with Crippen molar-refractivity contribution < 1.29 is 4.79 Å². The summed E-state index contributed by atoms with van der Waals surface area (Å²) in [5.74, 6) is 0.0508. The van der Waals surface area contributed by atoms with Crippen molar-refractivity contribution >= 4 is 17.4 Å². The first-order valence-corrected chi connectivity index (χ1v) is 11.8. The van der Waals surface area contributed by atoms with Crippen molar-refractivity contribution in [1.82, 2.24) is 0 Å². The van der Waals surface area contributed by atoms with Crippen LogP contribution in [0.25, 0.3) is 11.1 Å². The highest BCUT2D eigenvalue weighted by Crippen LogP contribution is 2.39. The monoisotopic (exact) mass is 442 g/mol. The lowest BCUT2D eigenvalue weighted by molar-refractivity contribution is -0.113. The summed E-state index contributed by atoms with van der Waals surface area (Å²) in [6.07, 6.45) is 5.41. The molecule has 4 rings (SSSR count). The second-order valence-electron chi connectivity index (χ2n) is 8.85. The maximum absolute atomic E-state index is 13.0. The smallest absolute Gasteiger partial charge is 0.134 e. The molecule has 1 nitrogen and oxygen atoms in total. The van der Waals surface area contributed by atoms with Gasteiger partial charge in [-0.2, -0.15) is 0 Å². The van der Waals surface area contributed by atoms with Gasteiger partial charge in [-0.25, -0.2) is 0 Å². The molecule has 0 aliphatic carbocycles. The van der Waals surface area contributed by atoms with Crippen LogP contribution in [0.2, 0.25) is 0 Å². The van der Waals surface area contributed by atoms with E-state index in [4.69, 9.17) is 0 Å². The molecular weight excluding hydrogens is 412 g/mol. The molecule has 4 aromatic rings. The number of hydrogen-bond donors (Lipinski definition) is 0. The zero-order valence-electron chi connectivity index (χ0n) is 19.8. The third-order valence-corrected chi connectivity index (χ3v) is 6.33. The molecule has 0 saturated heterocycles. The zero-order chi connectivity index (χ0) is 23.8. The molecule has 168 valence electrons. The minimum Gasteiger partial charge on any atom is -0.302 e. The van der Waals surface area contributed by atoms with E-state index in [2.05, 4.69) is 74.5 Å². The molecule has 0 amide bonds. The van der Waals surface area contributed by atoms with E-state index in [1.807, 2.05) is 72.8 Å². The lowest BCUT2D eigenvalue weighted by Crippen LogP contribution is -2.25. The van der Waals surface area contributed by atoms with Crippen molar-refractivity contribution in [3.8, 4) is 0 Å². The summed E-state index contributed by atoms with van der Waals surface area (Å²) in [5, 5.41) is 0. The molecule has 0 aromatic heterocycles. The minimum atomic E-state index is -0.804. The van der Waals surface area contributed by atoms with Gasteiger partial charge in [0.2, 0.25) is 0 Å². The Morgan fingerprint density at radius 2 is 0.794 bits per heavy atom. The van der Waals surface area contributed by atoms with Crippen LogP contribution in [0.1, 0.15) is 36.1 Å². The van der Waals surface area contributed by atoms with Crippen LogP contribution in [0.15, 0.2) is 133 Å². The van der Waals surface area contributed by atoms with E-state index in [1.54, 1.807) is 0 Å². The Kier molecular flexibility index (Phi) is 7.34. The van der Waals surface area contributed by atoms with Gasteiger partial charge in [-0.3, -0.25) is 0 Å². The van der Waals surface area contributed by atoms with Crippen LogP contribution >= 0.6 is 0 Å². The van der Waals surface area contributed by atoms with Crippen LogP contribution in [-0.4, -0.2) is 6.29 Å². The Bertz CT molecular complexity index is 1080. The van der Waals surface area contributed by atoms with Crippen molar-refractivity contribution in [2.24, 2.45) is 11.3 Å². The number of carbonyl (C=O) groups excluding carboxylic acids is 1. The van der Waals surface area contributed by atoms with E-state index in [0.717, 1.165) is 39.7 Å². The highest BCUT2D eigenvalue weighted by Gasteiger charge is 2.31. The molecule has 0 aliphatic rings. The third-order valence-electron chi connectivity index (χ3n) is 6.33. The van der Waals surface area contributed by atoms with E-state index in [0.29, 0.717) is 0 Å². The third kappa shape index (κ3) is 5.15. The molecule has 34 heavy (non-hydrogen) atoms. The summed E-state index contributed by atoms with van der Waals surface area (Å²) in [4.78, 5) is 13.0. The number of rotatable bonds is 8. The zero-order valence-corrected chi connectivity index (χ0v) is 19.8. The van der Waals surface area contributed by atoms with Crippen LogP contribution in [0.3, 0.4) is 0 Å². The summed E-state index contributed by atoms with van der Waals surface area (Å²) >= 11 is 0. The highest BCUT2D eigenvalue weighted by molar-refractivity contribution is 5.88. The maximum atomic E-state index is 13.0. The van der Waals surface area contributed by atoms with Gasteiger partial charge >= 0.3 is 0 Å². The van der Waals surface area contributed by atoms with Crippen molar-refractivity contribution in [3.05, 3.63) is 156 Å². The summed E-state index contributed by atoms with van der Waals surface area (Å²) in [5.41, 5.74) is 5.68. The van der Waals surface area contributed by atoms with Crippen molar-refractivity contribution in [2.45, 2.75) is 13.8 Å². The normalized spacial score (nSPS) is 11.0. The lowest BCUT2D eigenvalue weighted by Gasteiger charge is -2.29. The Morgan fingerprint density at radius 1 is 0.529 bits per heavy atom. The van der Waals surface area contributed by atoms with Gasteiger partial charge < -0.3 is 4.79 Å². The van der Waals surface area contributed by atoms with E-state index >= 15 is 0 Å². The molecule has 0 spiro atoms. The fourth-order valence-corrected chi connectivity index (χ4v) is 4.22. The molecule has 0 radical (unpaired) electrons. The number of benzene rings is 4. The maximum Gasteiger partial charge on any atom is 0.134 e. The van der Waals surface area contributed by atoms with E-state index in [-0.39, 0.29) is 5.92 Å². The predicted molar refractivity (Wildman–Crippen MR) is 143 cm³/mol. The van der Waals surface area contributed by atoms with Gasteiger partial charge in [-0.15, -0.1) is 0 Å². The molecule has 0 aliphatic heterocycles. The quantitative estimate of drug-likeness (QED) is 0.252. The van der Waals surface area contributed by atoms with Crippen LogP contribution in [-0.2, 0) is 4.79 Å². The van der Waals surface area contributed by atoms with Crippen LogP contribution in [0, 0.1) is 11.3 Å². The first-order valence-electron chi connectivity index (χ1n) is 11.8. The van der Waals surface area contributed by atoms with Crippen molar-refractivity contribution in [1.29, 1.82) is 0 Å². The summed E-state index contributed by atoms with van der Waals surface area (Å²) in [7, 11) is 0. The SMILES string of the molecule is CC(C)C(C=O)(C=C(c1ccccc1)c1ccccc1)C=C(c1ccccc1)c1ccccc1. The topological polar surface area (TPSA) is 17.1 Å². The fourth-order valence-electron chi connectivity index (χ4n) is 4.22. The Labute approximate surface area is 203 Å². The second kappa shape index (κ2) is 10.8. The molecule has 0 atom stereocenters. The summed E-state index contributed by atoms with van der Waals surface area (Å²) < 4.78 is 0. The molecule has 4 aromatic carbocycles. The molecule has 0 N–H and O–H groups in total. The molecular formula is C33H30O. The van der Waals surface area contributed by atoms with Crippen LogP contribution in [0.5, 0.6) is 0 Å². The minimum absolute atomic E-state index is 0.0508. The largest absolute Gasteiger partial charge is 0.302 e. The van der Waals surface area contributed by atoms with Crippen LogP contribution < -0.4 is 0 Å². The Hall–Kier alpha value is -3.97. The van der Waals surface area contributed by atoms with Gasteiger partial charge in [0, 0.05) is 0 Å².